The molecule has 0 spiro atoms. The normalized spacial score (nSPS) is 23.9. The van der Waals surface area contributed by atoms with Crippen molar-refractivity contribution in [3.8, 4) is 0 Å². The highest BCUT2D eigenvalue weighted by Gasteiger charge is 2.34. The summed E-state index contributed by atoms with van der Waals surface area (Å²) >= 11 is 0. The highest BCUT2D eigenvalue weighted by molar-refractivity contribution is 5.82. The molecule has 0 aliphatic heterocycles. The van der Waals surface area contributed by atoms with Gasteiger partial charge in [0.2, 0.25) is 0 Å². The molecule has 0 bridgehead atoms. The first-order valence-corrected chi connectivity index (χ1v) is 5.81. The van der Waals surface area contributed by atoms with Gasteiger partial charge in [-0.3, -0.25) is 0 Å². The third-order valence-corrected chi connectivity index (χ3v) is 3.14. The molecular formula is C11H20N2O4. The molecule has 0 aromatic carbocycles. The van der Waals surface area contributed by atoms with Crippen LogP contribution in [0.4, 0.5) is 4.79 Å². The Morgan fingerprint density at radius 2 is 2.12 bits per heavy atom. The average molecular weight is 244 g/mol. The molecule has 6 heteroatoms. The number of carbonyl (C=O) groups is 2. The number of hydrogen-bond acceptors (Lipinski definition) is 3. The molecule has 1 fully saturated rings. The van der Waals surface area contributed by atoms with Crippen LogP contribution >= 0.6 is 0 Å². The van der Waals surface area contributed by atoms with Crippen molar-refractivity contribution in [3.05, 3.63) is 0 Å². The van der Waals surface area contributed by atoms with Crippen molar-refractivity contribution in [3.63, 3.8) is 0 Å². The van der Waals surface area contributed by atoms with Gasteiger partial charge in [0.1, 0.15) is 6.04 Å². The molecule has 98 valence electrons. The summed E-state index contributed by atoms with van der Waals surface area (Å²) in [5, 5.41) is 19.9. The van der Waals surface area contributed by atoms with Crippen molar-refractivity contribution in [1.29, 1.82) is 0 Å². The number of urea groups is 1. The molecule has 3 N–H and O–H groups in total. The van der Waals surface area contributed by atoms with E-state index in [1.54, 1.807) is 7.05 Å². The second kappa shape index (κ2) is 5.86. The van der Waals surface area contributed by atoms with Crippen LogP contribution in [0.1, 0.15) is 19.8 Å². The SMILES string of the molecule is CC1CC1CN(C)C(=O)NC(CCO)C(=O)O. The van der Waals surface area contributed by atoms with Crippen molar-refractivity contribution in [1.82, 2.24) is 10.2 Å². The zero-order valence-electron chi connectivity index (χ0n) is 10.2. The fraction of sp³-hybridized carbons (Fsp3) is 0.818. The zero-order chi connectivity index (χ0) is 13.0. The van der Waals surface area contributed by atoms with E-state index in [-0.39, 0.29) is 13.0 Å². The van der Waals surface area contributed by atoms with E-state index in [0.717, 1.165) is 6.42 Å². The second-order valence-corrected chi connectivity index (χ2v) is 4.71. The first-order valence-electron chi connectivity index (χ1n) is 5.81. The van der Waals surface area contributed by atoms with Gasteiger partial charge < -0.3 is 20.4 Å². The average Bonchev–Trinajstić information content (AvgIpc) is 2.93. The number of aliphatic carboxylic acids is 1. The van der Waals surface area contributed by atoms with Gasteiger partial charge in [0.05, 0.1) is 0 Å². The standard InChI is InChI=1S/C11H20N2O4/c1-7-5-8(7)6-13(2)11(17)12-9(3-4-14)10(15)16/h7-9,14H,3-6H2,1-2H3,(H,12,17)(H,15,16). The van der Waals surface area contributed by atoms with Gasteiger partial charge in [0.15, 0.2) is 0 Å². The molecular weight excluding hydrogens is 224 g/mol. The lowest BCUT2D eigenvalue weighted by atomic mass is 10.2. The van der Waals surface area contributed by atoms with E-state index in [4.69, 9.17) is 10.2 Å². The predicted octanol–water partition coefficient (Wildman–Crippen LogP) is 0.119. The third-order valence-electron chi connectivity index (χ3n) is 3.14. The van der Waals surface area contributed by atoms with Gasteiger partial charge in [-0.1, -0.05) is 6.92 Å². The van der Waals surface area contributed by atoms with E-state index in [2.05, 4.69) is 12.2 Å². The number of carbonyl (C=O) groups excluding carboxylic acids is 1. The number of nitrogens with one attached hydrogen (secondary N) is 1. The number of carboxylic acids is 1. The van der Waals surface area contributed by atoms with Gasteiger partial charge in [-0.05, 0) is 18.3 Å². The number of hydrogen-bond donors (Lipinski definition) is 3. The highest BCUT2D eigenvalue weighted by atomic mass is 16.4. The summed E-state index contributed by atoms with van der Waals surface area (Å²) < 4.78 is 0. The number of rotatable bonds is 6. The van der Waals surface area contributed by atoms with Crippen molar-refractivity contribution < 1.29 is 19.8 Å². The smallest absolute Gasteiger partial charge is 0.326 e. The summed E-state index contributed by atoms with van der Waals surface area (Å²) in [5.74, 6) is 0.0606. The molecule has 0 radical (unpaired) electrons. The van der Waals surface area contributed by atoms with Crippen LogP contribution < -0.4 is 5.32 Å². The maximum absolute atomic E-state index is 11.7. The minimum absolute atomic E-state index is 0.0226. The predicted molar refractivity (Wildman–Crippen MR) is 61.6 cm³/mol. The molecule has 0 aromatic heterocycles. The lowest BCUT2D eigenvalue weighted by Crippen LogP contribution is -2.47. The van der Waals surface area contributed by atoms with Crippen LogP contribution in [0.15, 0.2) is 0 Å². The monoisotopic (exact) mass is 244 g/mol. The van der Waals surface area contributed by atoms with Gasteiger partial charge in [-0.15, -0.1) is 0 Å². The van der Waals surface area contributed by atoms with Crippen LogP contribution in [0.25, 0.3) is 0 Å². The van der Waals surface area contributed by atoms with Gasteiger partial charge in [-0.25, -0.2) is 9.59 Å². The molecule has 0 saturated heterocycles. The molecule has 2 amide bonds. The largest absolute Gasteiger partial charge is 0.480 e. The van der Waals surface area contributed by atoms with Crippen molar-refractivity contribution in [2.24, 2.45) is 11.8 Å². The maximum Gasteiger partial charge on any atom is 0.326 e. The number of carboxylic acid groups (broad SMARTS) is 1. The van der Waals surface area contributed by atoms with E-state index in [1.165, 1.54) is 4.90 Å². The molecule has 17 heavy (non-hydrogen) atoms. The Hall–Kier alpha value is -1.30. The second-order valence-electron chi connectivity index (χ2n) is 4.71. The highest BCUT2D eigenvalue weighted by Crippen LogP contribution is 2.37. The molecule has 6 nitrogen and oxygen atoms in total. The zero-order valence-corrected chi connectivity index (χ0v) is 10.2. The number of aliphatic hydroxyl groups is 1. The minimum Gasteiger partial charge on any atom is -0.480 e. The van der Waals surface area contributed by atoms with Crippen LogP contribution in [0.2, 0.25) is 0 Å². The van der Waals surface area contributed by atoms with E-state index in [1.807, 2.05) is 0 Å². The first-order chi connectivity index (χ1) is 7.95. The lowest BCUT2D eigenvalue weighted by molar-refractivity contribution is -0.139. The van der Waals surface area contributed by atoms with E-state index in [9.17, 15) is 9.59 Å². The first kappa shape index (κ1) is 13.8. The summed E-state index contributed by atoms with van der Waals surface area (Å²) in [6.07, 6.45) is 1.14. The molecule has 1 saturated carbocycles. The maximum atomic E-state index is 11.7. The summed E-state index contributed by atoms with van der Waals surface area (Å²) in [7, 11) is 1.65. The molecule has 0 heterocycles. The Morgan fingerprint density at radius 3 is 2.53 bits per heavy atom. The Labute approximate surface area is 101 Å². The quantitative estimate of drug-likeness (QED) is 0.619. The Bertz CT molecular complexity index is 295. The van der Waals surface area contributed by atoms with Crippen LogP contribution in [0.3, 0.4) is 0 Å². The summed E-state index contributed by atoms with van der Waals surface area (Å²) in [6, 6.07) is -1.42. The van der Waals surface area contributed by atoms with Crippen LogP contribution in [-0.2, 0) is 4.79 Å². The number of nitrogens with zero attached hydrogens (tertiary/aromatic N) is 1. The van der Waals surface area contributed by atoms with Gasteiger partial charge >= 0.3 is 12.0 Å². The summed E-state index contributed by atoms with van der Waals surface area (Å²) in [5.41, 5.74) is 0. The summed E-state index contributed by atoms with van der Waals surface area (Å²) in [4.78, 5) is 24.0. The Kier molecular flexibility index (Phi) is 4.74. The number of aliphatic hydroxyl groups excluding tert-OH is 1. The molecule has 0 aromatic rings. The number of amides is 2. The molecule has 1 rings (SSSR count). The Morgan fingerprint density at radius 1 is 1.53 bits per heavy atom. The molecule has 3 atom stereocenters. The fourth-order valence-corrected chi connectivity index (χ4v) is 1.73. The van der Waals surface area contributed by atoms with Crippen LogP contribution in [0.5, 0.6) is 0 Å². The molecule has 1 aliphatic carbocycles. The van der Waals surface area contributed by atoms with Crippen LogP contribution in [0, 0.1) is 11.8 Å². The van der Waals surface area contributed by atoms with E-state index in [0.29, 0.717) is 18.4 Å². The Balaban J connectivity index is 2.37. The van der Waals surface area contributed by atoms with Crippen molar-refractivity contribution in [2.45, 2.75) is 25.8 Å². The molecule has 3 unspecified atom stereocenters. The third kappa shape index (κ3) is 4.22. The van der Waals surface area contributed by atoms with Gasteiger partial charge in [-0.2, -0.15) is 0 Å². The molecule has 1 aliphatic rings. The van der Waals surface area contributed by atoms with Gasteiger partial charge in [0.25, 0.3) is 0 Å². The van der Waals surface area contributed by atoms with Crippen molar-refractivity contribution in [2.75, 3.05) is 20.2 Å². The summed E-state index contributed by atoms with van der Waals surface area (Å²) in [6.45, 7) is 2.52. The lowest BCUT2D eigenvalue weighted by Gasteiger charge is -2.21. The fourth-order valence-electron chi connectivity index (χ4n) is 1.73. The minimum atomic E-state index is -1.12. The van der Waals surface area contributed by atoms with Crippen LogP contribution in [-0.4, -0.2) is 53.4 Å². The van der Waals surface area contributed by atoms with E-state index >= 15 is 0 Å². The van der Waals surface area contributed by atoms with Crippen molar-refractivity contribution >= 4 is 12.0 Å². The topological polar surface area (TPSA) is 89.9 Å². The van der Waals surface area contributed by atoms with E-state index < -0.39 is 18.0 Å². The van der Waals surface area contributed by atoms with Gasteiger partial charge in [0, 0.05) is 26.6 Å².